The highest BCUT2D eigenvalue weighted by Gasteiger charge is 2.29. The van der Waals surface area contributed by atoms with Crippen LogP contribution in [0.4, 0.5) is 0 Å². The number of carbonyl (C=O) groups excluding carboxylic acids is 4. The second-order valence-corrected chi connectivity index (χ2v) is 11.1. The SMILES string of the molecule is NCCC[C@@H]1NC(=O)[C@@H](N)Cc2cc(ccc2O)-c2cccc(c2)C[C@@H](C(=O)NCCCC[C@H](N)C(=O)NCCN)NC1=O. The van der Waals surface area contributed by atoms with Gasteiger partial charge in [-0.1, -0.05) is 30.3 Å². The van der Waals surface area contributed by atoms with E-state index in [1.165, 1.54) is 0 Å². The van der Waals surface area contributed by atoms with E-state index in [1.807, 2.05) is 24.3 Å². The summed E-state index contributed by atoms with van der Waals surface area (Å²) in [5, 5.41) is 21.5. The first-order valence-electron chi connectivity index (χ1n) is 15.1. The van der Waals surface area contributed by atoms with Crippen molar-refractivity contribution in [2.45, 2.75) is 69.1 Å². The van der Waals surface area contributed by atoms with Crippen molar-refractivity contribution in [2.75, 3.05) is 26.2 Å². The molecule has 0 radical (unpaired) electrons. The lowest BCUT2D eigenvalue weighted by Crippen LogP contribution is -2.56. The van der Waals surface area contributed by atoms with Gasteiger partial charge >= 0.3 is 0 Å². The number of hydrogen-bond acceptors (Lipinski definition) is 9. The fraction of sp³-hybridized carbons (Fsp3) is 0.484. The van der Waals surface area contributed by atoms with Crippen LogP contribution in [-0.4, -0.2) is 79.1 Å². The lowest BCUT2D eigenvalue weighted by molar-refractivity contribution is -0.132. The van der Waals surface area contributed by atoms with E-state index >= 15 is 0 Å². The van der Waals surface area contributed by atoms with Crippen LogP contribution in [0.25, 0.3) is 11.1 Å². The van der Waals surface area contributed by atoms with Crippen LogP contribution in [0.15, 0.2) is 42.5 Å². The highest BCUT2D eigenvalue weighted by Crippen LogP contribution is 2.28. The minimum atomic E-state index is -1.03. The second-order valence-electron chi connectivity index (χ2n) is 11.1. The third-order valence-corrected chi connectivity index (χ3v) is 7.54. The van der Waals surface area contributed by atoms with Gasteiger partial charge in [-0.15, -0.1) is 0 Å². The van der Waals surface area contributed by atoms with E-state index in [9.17, 15) is 24.3 Å². The van der Waals surface area contributed by atoms with Gasteiger partial charge < -0.3 is 49.3 Å². The van der Waals surface area contributed by atoms with Crippen LogP contribution < -0.4 is 44.2 Å². The molecule has 4 bridgehead atoms. The Morgan fingerprint density at radius 1 is 0.909 bits per heavy atom. The summed E-state index contributed by atoms with van der Waals surface area (Å²) in [6, 6.07) is 9.09. The Balaban J connectivity index is 1.80. The molecule has 1 aliphatic heterocycles. The summed E-state index contributed by atoms with van der Waals surface area (Å²) in [5.41, 5.74) is 26.2. The van der Waals surface area contributed by atoms with Crippen LogP contribution in [-0.2, 0) is 32.0 Å². The van der Waals surface area contributed by atoms with Gasteiger partial charge in [-0.25, -0.2) is 0 Å². The van der Waals surface area contributed by atoms with Gasteiger partial charge in [0.25, 0.3) is 0 Å². The molecule has 4 atom stereocenters. The second kappa shape index (κ2) is 17.3. The van der Waals surface area contributed by atoms with Crippen LogP contribution in [0.2, 0.25) is 0 Å². The molecule has 0 saturated heterocycles. The predicted molar refractivity (Wildman–Crippen MR) is 168 cm³/mol. The Labute approximate surface area is 257 Å². The molecule has 240 valence electrons. The zero-order chi connectivity index (χ0) is 32.1. The zero-order valence-electron chi connectivity index (χ0n) is 25.0. The number of phenolic OH excluding ortho intramolecular Hbond substituents is 1. The summed E-state index contributed by atoms with van der Waals surface area (Å²) in [4.78, 5) is 51.8. The average Bonchev–Trinajstić information content (AvgIpc) is 3.01. The summed E-state index contributed by atoms with van der Waals surface area (Å²) in [6.45, 7) is 1.32. The molecule has 13 heteroatoms. The molecule has 1 heterocycles. The summed E-state index contributed by atoms with van der Waals surface area (Å²) in [5.74, 6) is -1.71. The highest BCUT2D eigenvalue weighted by atomic mass is 16.3. The topological polar surface area (TPSA) is 241 Å². The lowest BCUT2D eigenvalue weighted by Gasteiger charge is -2.24. The molecule has 4 amide bonds. The van der Waals surface area contributed by atoms with Crippen LogP contribution >= 0.6 is 0 Å². The third kappa shape index (κ3) is 10.3. The first kappa shape index (κ1) is 34.5. The number of nitrogens with two attached hydrogens (primary N) is 4. The van der Waals surface area contributed by atoms with E-state index in [-0.39, 0.29) is 36.8 Å². The quantitative estimate of drug-likeness (QED) is 0.132. The van der Waals surface area contributed by atoms with E-state index in [0.29, 0.717) is 57.4 Å². The van der Waals surface area contributed by atoms with Crippen molar-refractivity contribution >= 4 is 23.6 Å². The van der Waals surface area contributed by atoms with Gasteiger partial charge in [-0.2, -0.15) is 0 Å². The van der Waals surface area contributed by atoms with Crippen molar-refractivity contribution in [3.8, 4) is 16.9 Å². The number of rotatable bonds is 12. The molecule has 0 unspecified atom stereocenters. The Bertz CT molecular complexity index is 1290. The molecule has 0 saturated carbocycles. The van der Waals surface area contributed by atoms with Crippen LogP contribution in [0.1, 0.15) is 43.2 Å². The van der Waals surface area contributed by atoms with Crippen molar-refractivity contribution in [1.82, 2.24) is 21.3 Å². The molecule has 2 aromatic rings. The van der Waals surface area contributed by atoms with Crippen molar-refractivity contribution < 1.29 is 24.3 Å². The first-order chi connectivity index (χ1) is 21.1. The number of hydrogen-bond donors (Lipinski definition) is 9. The summed E-state index contributed by atoms with van der Waals surface area (Å²) in [6.07, 6.45) is 2.61. The Hall–Kier alpha value is -4.04. The molecule has 0 aliphatic carbocycles. The number of carbonyl (C=O) groups is 4. The number of benzene rings is 2. The highest BCUT2D eigenvalue weighted by molar-refractivity contribution is 5.93. The van der Waals surface area contributed by atoms with Gasteiger partial charge in [0.15, 0.2) is 0 Å². The van der Waals surface area contributed by atoms with Crippen LogP contribution in [0, 0.1) is 0 Å². The van der Waals surface area contributed by atoms with Crippen LogP contribution in [0.3, 0.4) is 0 Å². The van der Waals surface area contributed by atoms with Crippen molar-refractivity contribution in [2.24, 2.45) is 22.9 Å². The minimum absolute atomic E-state index is 0.0171. The van der Waals surface area contributed by atoms with E-state index in [0.717, 1.165) is 16.7 Å². The van der Waals surface area contributed by atoms with Crippen molar-refractivity contribution in [1.29, 1.82) is 0 Å². The molecule has 13 N–H and O–H groups in total. The molecular formula is C31H46N8O5. The number of amides is 4. The summed E-state index contributed by atoms with van der Waals surface area (Å²) >= 11 is 0. The fourth-order valence-corrected chi connectivity index (χ4v) is 5.00. The predicted octanol–water partition coefficient (Wildman–Crippen LogP) is -1.12. The van der Waals surface area contributed by atoms with Gasteiger partial charge in [0, 0.05) is 32.5 Å². The largest absolute Gasteiger partial charge is 0.508 e. The monoisotopic (exact) mass is 610 g/mol. The smallest absolute Gasteiger partial charge is 0.243 e. The van der Waals surface area contributed by atoms with E-state index in [1.54, 1.807) is 18.2 Å². The molecule has 3 rings (SSSR count). The maximum atomic E-state index is 13.5. The number of unbranched alkanes of at least 4 members (excludes halogenated alkanes) is 1. The van der Waals surface area contributed by atoms with Crippen LogP contribution in [0.5, 0.6) is 5.75 Å². The van der Waals surface area contributed by atoms with Crippen molar-refractivity contribution in [3.05, 3.63) is 53.6 Å². The zero-order valence-corrected chi connectivity index (χ0v) is 25.0. The molecule has 2 aromatic carbocycles. The Morgan fingerprint density at radius 2 is 1.68 bits per heavy atom. The maximum absolute atomic E-state index is 13.5. The normalized spacial score (nSPS) is 19.5. The van der Waals surface area contributed by atoms with E-state index in [4.69, 9.17) is 22.9 Å². The number of fused-ring (bicyclic) bond motifs is 5. The molecule has 1 aliphatic rings. The maximum Gasteiger partial charge on any atom is 0.243 e. The number of phenols is 1. The number of aromatic hydroxyl groups is 1. The van der Waals surface area contributed by atoms with Gasteiger partial charge in [-0.05, 0) is 73.0 Å². The molecule has 0 fully saturated rings. The third-order valence-electron chi connectivity index (χ3n) is 7.54. The molecule has 13 nitrogen and oxygen atoms in total. The molecule has 0 spiro atoms. The Morgan fingerprint density at radius 3 is 2.43 bits per heavy atom. The molecule has 44 heavy (non-hydrogen) atoms. The fourth-order valence-electron chi connectivity index (χ4n) is 5.00. The van der Waals surface area contributed by atoms with Gasteiger partial charge in [0.2, 0.25) is 23.6 Å². The van der Waals surface area contributed by atoms with Gasteiger partial charge in [-0.3, -0.25) is 19.2 Å². The Kier molecular flexibility index (Phi) is 13.5. The average molecular weight is 611 g/mol. The minimum Gasteiger partial charge on any atom is -0.508 e. The standard InChI is InChI=1S/C31H46N8O5/c32-11-4-8-25-31(44)39-26(30(43)36-13-2-1-7-23(34)28(41)37-14-12-33)16-19-5-3-6-20(15-19)21-9-10-27(40)22(17-21)18-24(35)29(42)38-25/h3,5-6,9-10,15,17,23-26,40H,1-2,4,7-8,11-14,16,18,32-35H2,(H,36,43)(H,37,41)(H,38,42)(H,39,44)/t23-,24-,25-,26-/m0/s1. The lowest BCUT2D eigenvalue weighted by atomic mass is 9.96. The van der Waals surface area contributed by atoms with Crippen molar-refractivity contribution in [3.63, 3.8) is 0 Å². The molecular weight excluding hydrogens is 564 g/mol. The van der Waals surface area contributed by atoms with Gasteiger partial charge in [0.1, 0.15) is 17.8 Å². The summed E-state index contributed by atoms with van der Waals surface area (Å²) < 4.78 is 0. The summed E-state index contributed by atoms with van der Waals surface area (Å²) in [7, 11) is 0. The van der Waals surface area contributed by atoms with E-state index < -0.39 is 36.0 Å². The first-order valence-corrected chi connectivity index (χ1v) is 15.1. The van der Waals surface area contributed by atoms with E-state index in [2.05, 4.69) is 21.3 Å². The van der Waals surface area contributed by atoms with Gasteiger partial charge in [0.05, 0.1) is 12.1 Å². The molecule has 0 aromatic heterocycles. The number of nitrogens with one attached hydrogen (secondary N) is 4.